The third-order valence-electron chi connectivity index (χ3n) is 4.82. The molecule has 0 spiro atoms. The van der Waals surface area contributed by atoms with Crippen LogP contribution in [0.2, 0.25) is 0 Å². The van der Waals surface area contributed by atoms with Crippen molar-refractivity contribution in [3.05, 3.63) is 0 Å². The largest absolute Gasteiger partial charge is 0.499 e. The molecule has 0 heterocycles. The fraction of sp³-hybridized carbons (Fsp3) is 1.00. The highest BCUT2D eigenvalue weighted by atomic mass is 31.2. The maximum absolute atomic E-state index is 11.6. The van der Waals surface area contributed by atoms with E-state index in [1.165, 1.54) is 77.0 Å². The third-order valence-corrected chi connectivity index (χ3v) is 5.60. The van der Waals surface area contributed by atoms with Crippen LogP contribution in [0.5, 0.6) is 0 Å². The summed E-state index contributed by atoms with van der Waals surface area (Å²) in [5, 5.41) is 0. The zero-order chi connectivity index (χ0) is 20.2. The SMILES string of the molecule is CCCCCCCCCCCCCCCC(CC)OOP(=O)(O)OCCC. The molecule has 0 aromatic carbocycles. The molecule has 0 amide bonds. The van der Waals surface area contributed by atoms with Crippen molar-refractivity contribution in [1.29, 1.82) is 0 Å². The average Bonchev–Trinajstić information content (AvgIpc) is 2.66. The maximum atomic E-state index is 11.6. The zero-order valence-corrected chi connectivity index (χ0v) is 19.0. The molecule has 2 atom stereocenters. The van der Waals surface area contributed by atoms with Gasteiger partial charge in [0.2, 0.25) is 0 Å². The lowest BCUT2D eigenvalue weighted by Gasteiger charge is -2.16. The Bertz CT molecular complexity index is 351. The predicted molar refractivity (Wildman–Crippen MR) is 113 cm³/mol. The van der Waals surface area contributed by atoms with E-state index in [0.29, 0.717) is 6.42 Å². The summed E-state index contributed by atoms with van der Waals surface area (Å²) >= 11 is 0. The van der Waals surface area contributed by atoms with Gasteiger partial charge in [-0.3, -0.25) is 4.52 Å². The van der Waals surface area contributed by atoms with E-state index >= 15 is 0 Å². The van der Waals surface area contributed by atoms with Gasteiger partial charge in [0.05, 0.1) is 12.7 Å². The van der Waals surface area contributed by atoms with E-state index in [4.69, 9.17) is 9.41 Å². The van der Waals surface area contributed by atoms with Gasteiger partial charge in [0.25, 0.3) is 0 Å². The fourth-order valence-electron chi connectivity index (χ4n) is 3.05. The summed E-state index contributed by atoms with van der Waals surface area (Å²) in [5.41, 5.74) is 0. The Hall–Kier alpha value is 0.0700. The summed E-state index contributed by atoms with van der Waals surface area (Å²) in [7, 11) is -4.07. The second kappa shape index (κ2) is 19.4. The van der Waals surface area contributed by atoms with Crippen LogP contribution in [-0.4, -0.2) is 17.6 Å². The van der Waals surface area contributed by atoms with Gasteiger partial charge in [-0.25, -0.2) is 9.45 Å². The summed E-state index contributed by atoms with van der Waals surface area (Å²) < 4.78 is 21.0. The van der Waals surface area contributed by atoms with Crippen molar-refractivity contribution in [2.75, 3.05) is 6.61 Å². The molecular weight excluding hydrogens is 363 g/mol. The molecule has 0 saturated heterocycles. The van der Waals surface area contributed by atoms with Gasteiger partial charge in [0.1, 0.15) is 0 Å². The van der Waals surface area contributed by atoms with E-state index in [2.05, 4.69) is 11.6 Å². The number of hydrogen-bond acceptors (Lipinski definition) is 4. The van der Waals surface area contributed by atoms with E-state index in [-0.39, 0.29) is 12.7 Å². The van der Waals surface area contributed by atoms with E-state index < -0.39 is 7.82 Å². The monoisotopic (exact) mass is 408 g/mol. The molecule has 6 heteroatoms. The summed E-state index contributed by atoms with van der Waals surface area (Å²) in [5.74, 6) is 0. The van der Waals surface area contributed by atoms with Crippen molar-refractivity contribution in [2.45, 2.75) is 130 Å². The Morgan fingerprint density at radius 2 is 1.22 bits per heavy atom. The van der Waals surface area contributed by atoms with Crippen LogP contribution >= 0.6 is 7.82 Å². The lowest BCUT2D eigenvalue weighted by Crippen LogP contribution is -2.12. The van der Waals surface area contributed by atoms with Gasteiger partial charge >= 0.3 is 7.82 Å². The second-order valence-corrected chi connectivity index (χ2v) is 8.88. The molecule has 0 aromatic rings. The number of unbranched alkanes of at least 4 members (excludes halogenated alkanes) is 12. The molecule has 0 aromatic heterocycles. The first kappa shape index (κ1) is 27.1. The number of rotatable bonds is 21. The molecule has 0 aliphatic rings. The van der Waals surface area contributed by atoms with Crippen LogP contribution in [0, 0.1) is 0 Å². The van der Waals surface area contributed by atoms with Crippen molar-refractivity contribution in [3.8, 4) is 0 Å². The topological polar surface area (TPSA) is 65.0 Å². The predicted octanol–water partition coefficient (Wildman–Crippen LogP) is 7.72. The number of phosphoric acid groups is 1. The van der Waals surface area contributed by atoms with Gasteiger partial charge < -0.3 is 4.89 Å². The molecule has 5 nitrogen and oxygen atoms in total. The first-order chi connectivity index (χ1) is 13.1. The van der Waals surface area contributed by atoms with Crippen molar-refractivity contribution < 1.29 is 23.5 Å². The van der Waals surface area contributed by atoms with Crippen LogP contribution < -0.4 is 0 Å². The molecule has 164 valence electrons. The highest BCUT2D eigenvalue weighted by molar-refractivity contribution is 7.47. The lowest BCUT2D eigenvalue weighted by molar-refractivity contribution is -0.261. The molecule has 0 fully saturated rings. The molecular formula is C21H45O5P. The van der Waals surface area contributed by atoms with Gasteiger partial charge in [-0.15, -0.1) is 4.67 Å². The molecule has 27 heavy (non-hydrogen) atoms. The molecule has 0 aliphatic heterocycles. The van der Waals surface area contributed by atoms with E-state index in [0.717, 1.165) is 19.3 Å². The third kappa shape index (κ3) is 19.2. The number of hydrogen-bond donors (Lipinski definition) is 1. The van der Waals surface area contributed by atoms with Crippen LogP contribution in [0.4, 0.5) is 0 Å². The minimum atomic E-state index is -4.07. The molecule has 1 N–H and O–H groups in total. The first-order valence-electron chi connectivity index (χ1n) is 11.4. The van der Waals surface area contributed by atoms with Crippen molar-refractivity contribution in [2.24, 2.45) is 0 Å². The van der Waals surface area contributed by atoms with Gasteiger partial charge in [0.15, 0.2) is 0 Å². The van der Waals surface area contributed by atoms with Crippen LogP contribution in [0.25, 0.3) is 0 Å². The highest BCUT2D eigenvalue weighted by Gasteiger charge is 2.24. The molecule has 0 saturated carbocycles. The Balaban J connectivity index is 3.47. The Morgan fingerprint density at radius 3 is 1.67 bits per heavy atom. The van der Waals surface area contributed by atoms with Gasteiger partial charge in [0, 0.05) is 0 Å². The van der Waals surface area contributed by atoms with E-state index in [1.807, 2.05) is 13.8 Å². The smallest absolute Gasteiger partial charge is 0.301 e. The van der Waals surface area contributed by atoms with E-state index in [1.54, 1.807) is 0 Å². The summed E-state index contributed by atoms with van der Waals surface area (Å²) in [6, 6.07) is 0. The minimum Gasteiger partial charge on any atom is -0.301 e. The lowest BCUT2D eigenvalue weighted by atomic mass is 10.0. The summed E-state index contributed by atoms with van der Waals surface area (Å²) in [6.45, 7) is 6.31. The van der Waals surface area contributed by atoms with Crippen molar-refractivity contribution in [3.63, 3.8) is 0 Å². The fourth-order valence-corrected chi connectivity index (χ4v) is 3.74. The normalized spacial score (nSPS) is 15.0. The van der Waals surface area contributed by atoms with Crippen LogP contribution in [0.3, 0.4) is 0 Å². The van der Waals surface area contributed by atoms with Gasteiger partial charge in [-0.2, -0.15) is 0 Å². The molecule has 0 aliphatic carbocycles. The standard InChI is InChI=1S/C21H45O5P/c1-4-7-8-9-10-11-12-13-14-15-16-17-18-19-21(6-3)25-26-27(22,23)24-20-5-2/h21H,4-20H2,1-3H3,(H,22,23). The molecule has 2 unspecified atom stereocenters. The summed E-state index contributed by atoms with van der Waals surface area (Å²) in [4.78, 5) is 14.6. The zero-order valence-electron chi connectivity index (χ0n) is 18.1. The Morgan fingerprint density at radius 1 is 0.741 bits per heavy atom. The second-order valence-electron chi connectivity index (χ2n) is 7.53. The minimum absolute atomic E-state index is 0.150. The number of phosphoric ester groups is 1. The summed E-state index contributed by atoms with van der Waals surface area (Å²) in [6.07, 6.45) is 19.4. The Labute approximate surface area is 168 Å². The maximum Gasteiger partial charge on any atom is 0.499 e. The average molecular weight is 409 g/mol. The molecule has 0 radical (unpaired) electrons. The highest BCUT2D eigenvalue weighted by Crippen LogP contribution is 2.44. The quantitative estimate of drug-likeness (QED) is 0.0911. The van der Waals surface area contributed by atoms with Crippen molar-refractivity contribution >= 4 is 7.82 Å². The van der Waals surface area contributed by atoms with Gasteiger partial charge in [-0.05, 0) is 19.3 Å². The van der Waals surface area contributed by atoms with Crippen molar-refractivity contribution in [1.82, 2.24) is 0 Å². The van der Waals surface area contributed by atoms with Crippen LogP contribution in [0.15, 0.2) is 0 Å². The van der Waals surface area contributed by atoms with Crippen LogP contribution in [0.1, 0.15) is 124 Å². The van der Waals surface area contributed by atoms with Crippen LogP contribution in [-0.2, 0) is 18.7 Å². The Kier molecular flexibility index (Phi) is 19.4. The van der Waals surface area contributed by atoms with Gasteiger partial charge in [-0.1, -0.05) is 104 Å². The first-order valence-corrected chi connectivity index (χ1v) is 12.9. The molecule has 0 rings (SSSR count). The molecule has 0 bridgehead atoms. The van der Waals surface area contributed by atoms with E-state index in [9.17, 15) is 9.46 Å².